The van der Waals surface area contributed by atoms with E-state index in [0.29, 0.717) is 17.0 Å². The molecule has 1 atom stereocenters. The molecule has 0 radical (unpaired) electrons. The molecule has 0 aliphatic heterocycles. The lowest BCUT2D eigenvalue weighted by Crippen LogP contribution is -2.30. The Bertz CT molecular complexity index is 1160. The molecular weight excluding hydrogens is 380 g/mol. The molecule has 150 valence electrons. The summed E-state index contributed by atoms with van der Waals surface area (Å²) in [6.45, 7) is 1.45. The average Bonchev–Trinajstić information content (AvgIpc) is 2.77. The van der Waals surface area contributed by atoms with Gasteiger partial charge in [-0.3, -0.25) is 4.79 Å². The van der Waals surface area contributed by atoms with Crippen molar-refractivity contribution < 1.29 is 19.1 Å². The summed E-state index contributed by atoms with van der Waals surface area (Å²) in [4.78, 5) is 24.8. The summed E-state index contributed by atoms with van der Waals surface area (Å²) in [7, 11) is 1.53. The molecule has 0 aliphatic carbocycles. The van der Waals surface area contributed by atoms with Crippen molar-refractivity contribution in [2.45, 2.75) is 13.0 Å². The molecule has 0 unspecified atom stereocenters. The molecule has 3 rings (SSSR count). The first-order valence-electron chi connectivity index (χ1n) is 9.26. The zero-order chi connectivity index (χ0) is 21.5. The number of nitrogens with one attached hydrogen (secondary N) is 1. The first-order valence-corrected chi connectivity index (χ1v) is 9.26. The first-order chi connectivity index (χ1) is 14.5. The smallest absolute Gasteiger partial charge is 0.349 e. The molecule has 0 aromatic heterocycles. The summed E-state index contributed by atoms with van der Waals surface area (Å²) in [5.74, 6) is -0.767. The fourth-order valence-electron chi connectivity index (χ4n) is 2.82. The van der Waals surface area contributed by atoms with E-state index in [2.05, 4.69) is 5.32 Å². The van der Waals surface area contributed by atoms with Crippen LogP contribution in [0, 0.1) is 11.3 Å². The van der Waals surface area contributed by atoms with Gasteiger partial charge in [-0.1, -0.05) is 42.5 Å². The third-order valence-electron chi connectivity index (χ3n) is 4.42. The van der Waals surface area contributed by atoms with Crippen molar-refractivity contribution in [3.63, 3.8) is 0 Å². The quantitative estimate of drug-likeness (QED) is 0.378. The van der Waals surface area contributed by atoms with E-state index in [9.17, 15) is 14.9 Å². The summed E-state index contributed by atoms with van der Waals surface area (Å²) >= 11 is 0. The molecule has 1 amide bonds. The molecule has 3 aromatic carbocycles. The van der Waals surface area contributed by atoms with Crippen molar-refractivity contribution in [1.82, 2.24) is 0 Å². The van der Waals surface area contributed by atoms with Gasteiger partial charge in [-0.25, -0.2) is 4.79 Å². The summed E-state index contributed by atoms with van der Waals surface area (Å²) in [5, 5.41) is 14.1. The van der Waals surface area contributed by atoms with Crippen LogP contribution in [0.5, 0.6) is 5.75 Å². The van der Waals surface area contributed by atoms with Crippen LogP contribution in [0.15, 0.2) is 72.3 Å². The van der Waals surface area contributed by atoms with Gasteiger partial charge in [0.1, 0.15) is 17.4 Å². The monoisotopic (exact) mass is 400 g/mol. The van der Waals surface area contributed by atoms with Crippen molar-refractivity contribution in [2.24, 2.45) is 0 Å². The highest BCUT2D eigenvalue weighted by Crippen LogP contribution is 2.19. The predicted molar refractivity (Wildman–Crippen MR) is 115 cm³/mol. The number of nitriles is 1. The molecule has 1 N–H and O–H groups in total. The van der Waals surface area contributed by atoms with Crippen LogP contribution in [0.25, 0.3) is 16.8 Å². The third kappa shape index (κ3) is 5.03. The van der Waals surface area contributed by atoms with Gasteiger partial charge in [0.2, 0.25) is 0 Å². The molecule has 0 heterocycles. The van der Waals surface area contributed by atoms with Crippen LogP contribution in [-0.4, -0.2) is 25.1 Å². The van der Waals surface area contributed by atoms with Crippen molar-refractivity contribution in [3.8, 4) is 11.8 Å². The summed E-state index contributed by atoms with van der Waals surface area (Å²) in [6, 6.07) is 22.0. The number of anilines is 1. The largest absolute Gasteiger partial charge is 0.497 e. The average molecular weight is 400 g/mol. The Kier molecular flexibility index (Phi) is 6.46. The molecule has 0 bridgehead atoms. The molecule has 3 aromatic rings. The number of rotatable bonds is 6. The molecule has 6 heteroatoms. The third-order valence-corrected chi connectivity index (χ3v) is 4.42. The Hall–Kier alpha value is -4.11. The molecule has 0 saturated heterocycles. The lowest BCUT2D eigenvalue weighted by molar-refractivity contribution is -0.148. The molecule has 6 nitrogen and oxygen atoms in total. The van der Waals surface area contributed by atoms with Crippen molar-refractivity contribution in [3.05, 3.63) is 77.9 Å². The number of hydrogen-bond acceptors (Lipinski definition) is 5. The molecule has 0 saturated carbocycles. The maximum Gasteiger partial charge on any atom is 0.349 e. The lowest BCUT2D eigenvalue weighted by atomic mass is 10.1. The van der Waals surface area contributed by atoms with Crippen LogP contribution in [0.1, 0.15) is 12.5 Å². The fourth-order valence-corrected chi connectivity index (χ4v) is 2.82. The van der Waals surface area contributed by atoms with E-state index in [1.54, 1.807) is 30.3 Å². The van der Waals surface area contributed by atoms with Crippen LogP contribution >= 0.6 is 0 Å². The highest BCUT2D eigenvalue weighted by Gasteiger charge is 2.21. The predicted octanol–water partition coefficient (Wildman–Crippen LogP) is 4.33. The van der Waals surface area contributed by atoms with Crippen LogP contribution in [0.4, 0.5) is 5.69 Å². The zero-order valence-electron chi connectivity index (χ0n) is 16.6. The van der Waals surface area contributed by atoms with Crippen molar-refractivity contribution >= 4 is 34.4 Å². The Labute approximate surface area is 174 Å². The molecule has 0 spiro atoms. The number of amides is 1. The molecule has 0 fully saturated rings. The van der Waals surface area contributed by atoms with E-state index in [0.717, 1.165) is 10.8 Å². The normalized spacial score (nSPS) is 12.0. The number of carbonyl (C=O) groups excluding carboxylic acids is 2. The van der Waals surface area contributed by atoms with E-state index in [1.165, 1.54) is 20.1 Å². The number of ether oxygens (including phenoxy) is 2. The maximum absolute atomic E-state index is 12.4. The van der Waals surface area contributed by atoms with E-state index in [-0.39, 0.29) is 5.57 Å². The van der Waals surface area contributed by atoms with Gasteiger partial charge in [0, 0.05) is 5.69 Å². The Morgan fingerprint density at radius 3 is 2.53 bits per heavy atom. The SMILES string of the molecule is COc1cccc(/C=C(\C#N)C(=O)O[C@H](C)C(=O)Nc2ccc3ccccc3c2)c1. The fraction of sp³-hybridized carbons (Fsp3) is 0.125. The van der Waals surface area contributed by atoms with Crippen LogP contribution < -0.4 is 10.1 Å². The van der Waals surface area contributed by atoms with E-state index < -0.39 is 18.0 Å². The minimum atomic E-state index is -1.08. The van der Waals surface area contributed by atoms with Gasteiger partial charge in [0.25, 0.3) is 5.91 Å². The van der Waals surface area contributed by atoms with Crippen LogP contribution in [-0.2, 0) is 14.3 Å². The second kappa shape index (κ2) is 9.39. The Morgan fingerprint density at radius 2 is 1.80 bits per heavy atom. The minimum absolute atomic E-state index is 0.214. The van der Waals surface area contributed by atoms with Gasteiger partial charge in [-0.2, -0.15) is 5.26 Å². The van der Waals surface area contributed by atoms with Gasteiger partial charge < -0.3 is 14.8 Å². The van der Waals surface area contributed by atoms with Crippen molar-refractivity contribution in [1.29, 1.82) is 5.26 Å². The topological polar surface area (TPSA) is 88.4 Å². The number of carbonyl (C=O) groups is 2. The highest BCUT2D eigenvalue weighted by molar-refractivity contribution is 6.01. The summed E-state index contributed by atoms with van der Waals surface area (Å²) < 4.78 is 10.3. The number of benzene rings is 3. The molecule has 0 aliphatic rings. The molecule has 30 heavy (non-hydrogen) atoms. The lowest BCUT2D eigenvalue weighted by Gasteiger charge is -2.13. The summed E-state index contributed by atoms with van der Waals surface area (Å²) in [6.07, 6.45) is 0.310. The van der Waals surface area contributed by atoms with Crippen LogP contribution in [0.2, 0.25) is 0 Å². The zero-order valence-corrected chi connectivity index (χ0v) is 16.6. The van der Waals surface area contributed by atoms with E-state index >= 15 is 0 Å². The number of esters is 1. The molecular formula is C24H20N2O4. The van der Waals surface area contributed by atoms with Crippen molar-refractivity contribution in [2.75, 3.05) is 12.4 Å². The number of fused-ring (bicyclic) bond motifs is 1. The number of nitrogens with zero attached hydrogens (tertiary/aromatic N) is 1. The Morgan fingerprint density at radius 1 is 1.03 bits per heavy atom. The van der Waals surface area contributed by atoms with Gasteiger partial charge in [0.05, 0.1) is 7.11 Å². The maximum atomic E-state index is 12.4. The summed E-state index contributed by atoms with van der Waals surface area (Å²) in [5.41, 5.74) is 0.985. The van der Waals surface area contributed by atoms with Crippen LogP contribution in [0.3, 0.4) is 0 Å². The first kappa shape index (κ1) is 20.6. The number of methoxy groups -OCH3 is 1. The van der Waals surface area contributed by atoms with Gasteiger partial charge in [0.15, 0.2) is 6.10 Å². The van der Waals surface area contributed by atoms with Gasteiger partial charge in [-0.15, -0.1) is 0 Å². The van der Waals surface area contributed by atoms with Gasteiger partial charge >= 0.3 is 5.97 Å². The van der Waals surface area contributed by atoms with E-state index in [4.69, 9.17) is 9.47 Å². The van der Waals surface area contributed by atoms with E-state index in [1.807, 2.05) is 42.5 Å². The number of hydrogen-bond donors (Lipinski definition) is 1. The standard InChI is InChI=1S/C24H20N2O4/c1-16(23(27)26-21-11-10-18-7-3-4-8-19(18)14-21)30-24(28)20(15-25)12-17-6-5-9-22(13-17)29-2/h3-14,16H,1-2H3,(H,26,27)/b20-12+/t16-/m1/s1. The second-order valence-corrected chi connectivity index (χ2v) is 6.55. The second-order valence-electron chi connectivity index (χ2n) is 6.55. The van der Waals surface area contributed by atoms with Gasteiger partial charge in [-0.05, 0) is 53.6 Å². The Balaban J connectivity index is 1.67. The highest BCUT2D eigenvalue weighted by atomic mass is 16.5. The minimum Gasteiger partial charge on any atom is -0.497 e.